The van der Waals surface area contributed by atoms with Gasteiger partial charge in [-0.05, 0) is 43.2 Å². The number of fused-ring (bicyclic) bond motifs is 1. The first-order valence-electron chi connectivity index (χ1n) is 9.32. The lowest BCUT2D eigenvalue weighted by Gasteiger charge is -2.14. The van der Waals surface area contributed by atoms with Gasteiger partial charge in [0.15, 0.2) is 0 Å². The molecule has 7 nitrogen and oxygen atoms in total. The zero-order valence-electron chi connectivity index (χ0n) is 17.0. The molecule has 2 aromatic carbocycles. The minimum Gasteiger partial charge on any atom is -0.495 e. The summed E-state index contributed by atoms with van der Waals surface area (Å²) >= 11 is 3.50. The van der Waals surface area contributed by atoms with Crippen molar-refractivity contribution in [3.63, 3.8) is 0 Å². The number of imidazole rings is 1. The zero-order chi connectivity index (χ0) is 21.0. The highest BCUT2D eigenvalue weighted by Gasteiger charge is 2.15. The van der Waals surface area contributed by atoms with E-state index >= 15 is 0 Å². The molecule has 1 heterocycles. The molecule has 0 spiro atoms. The number of anilines is 3. The van der Waals surface area contributed by atoms with Crippen LogP contribution in [-0.2, 0) is 16.6 Å². The molecule has 0 radical (unpaired) electrons. The van der Waals surface area contributed by atoms with E-state index in [1.54, 1.807) is 7.11 Å². The number of aromatic nitrogens is 2. The minimum atomic E-state index is -0.198. The number of carbonyl (C=O) groups is 1. The third-order valence-electron chi connectivity index (χ3n) is 4.72. The molecule has 1 aromatic heterocycles. The largest absolute Gasteiger partial charge is 0.495 e. The number of esters is 1. The van der Waals surface area contributed by atoms with Crippen LogP contribution in [0.25, 0.3) is 11.0 Å². The molecule has 29 heavy (non-hydrogen) atoms. The maximum Gasteiger partial charge on any atom is 0.305 e. The smallest absolute Gasteiger partial charge is 0.305 e. The van der Waals surface area contributed by atoms with Crippen molar-refractivity contribution in [3.05, 3.63) is 40.4 Å². The average Bonchev–Trinajstić information content (AvgIpc) is 3.03. The van der Waals surface area contributed by atoms with Crippen molar-refractivity contribution in [1.29, 1.82) is 0 Å². The first-order chi connectivity index (χ1) is 13.9. The number of methoxy groups -OCH3 is 2. The first-order valence-corrected chi connectivity index (χ1v) is 10.1. The topological polar surface area (TPSA) is 77.4 Å². The van der Waals surface area contributed by atoms with E-state index in [-0.39, 0.29) is 5.97 Å². The summed E-state index contributed by atoms with van der Waals surface area (Å²) in [5.74, 6) is 1.26. The lowest BCUT2D eigenvalue weighted by molar-refractivity contribution is -0.140. The number of halogens is 1. The van der Waals surface area contributed by atoms with Gasteiger partial charge in [-0.2, -0.15) is 0 Å². The fourth-order valence-corrected chi connectivity index (χ4v) is 3.78. The first kappa shape index (κ1) is 21.0. The van der Waals surface area contributed by atoms with Gasteiger partial charge in [-0.3, -0.25) is 4.79 Å². The molecule has 0 bridgehead atoms. The van der Waals surface area contributed by atoms with Crippen molar-refractivity contribution in [1.82, 2.24) is 9.55 Å². The van der Waals surface area contributed by atoms with Gasteiger partial charge in [0.1, 0.15) is 5.75 Å². The molecule has 154 valence electrons. The van der Waals surface area contributed by atoms with E-state index in [1.807, 2.05) is 48.9 Å². The Kier molecular flexibility index (Phi) is 6.64. The molecule has 0 saturated heterocycles. The molecule has 0 fully saturated rings. The second-order valence-electron chi connectivity index (χ2n) is 6.70. The summed E-state index contributed by atoms with van der Waals surface area (Å²) in [6, 6.07) is 9.91. The Morgan fingerprint density at radius 3 is 2.79 bits per heavy atom. The molecule has 0 aliphatic heterocycles. The molecule has 3 aromatic rings. The van der Waals surface area contributed by atoms with Crippen LogP contribution in [0, 0.1) is 6.92 Å². The zero-order valence-corrected chi connectivity index (χ0v) is 18.6. The number of aryl methyl sites for hydroxylation is 2. The molecule has 3 rings (SSSR count). The quantitative estimate of drug-likeness (QED) is 0.372. The summed E-state index contributed by atoms with van der Waals surface area (Å²) < 4.78 is 13.2. The van der Waals surface area contributed by atoms with Crippen LogP contribution in [0.5, 0.6) is 5.75 Å². The van der Waals surface area contributed by atoms with Crippen molar-refractivity contribution < 1.29 is 14.3 Å². The SMILES string of the molecule is COC(=O)CCCNc1cccc2nc(Nc3c(C)cc(Br)cc3OC)n(C)c12. The van der Waals surface area contributed by atoms with E-state index in [0.29, 0.717) is 25.3 Å². The molecular weight excluding hydrogens is 436 g/mol. The van der Waals surface area contributed by atoms with Crippen molar-refractivity contribution in [2.45, 2.75) is 19.8 Å². The van der Waals surface area contributed by atoms with E-state index in [0.717, 1.165) is 38.2 Å². The highest BCUT2D eigenvalue weighted by molar-refractivity contribution is 9.10. The summed E-state index contributed by atoms with van der Waals surface area (Å²) in [5, 5.41) is 6.81. The lowest BCUT2D eigenvalue weighted by atomic mass is 10.2. The third kappa shape index (κ3) is 4.64. The van der Waals surface area contributed by atoms with E-state index in [9.17, 15) is 4.79 Å². The Bertz CT molecular complexity index is 1030. The van der Waals surface area contributed by atoms with Crippen LogP contribution >= 0.6 is 15.9 Å². The van der Waals surface area contributed by atoms with Crippen molar-refractivity contribution in [2.24, 2.45) is 7.05 Å². The number of para-hydroxylation sites is 1. The molecule has 0 aliphatic carbocycles. The van der Waals surface area contributed by atoms with Gasteiger partial charge in [0.05, 0.1) is 36.6 Å². The van der Waals surface area contributed by atoms with Gasteiger partial charge in [-0.1, -0.05) is 22.0 Å². The number of nitrogens with one attached hydrogen (secondary N) is 2. The normalized spacial score (nSPS) is 10.8. The van der Waals surface area contributed by atoms with Gasteiger partial charge < -0.3 is 24.7 Å². The number of hydrogen-bond acceptors (Lipinski definition) is 6. The summed E-state index contributed by atoms with van der Waals surface area (Å²) in [5.41, 5.74) is 4.75. The molecule has 0 unspecified atom stereocenters. The highest BCUT2D eigenvalue weighted by atomic mass is 79.9. The van der Waals surface area contributed by atoms with Crippen LogP contribution in [0.4, 0.5) is 17.3 Å². The Morgan fingerprint density at radius 2 is 2.07 bits per heavy atom. The molecule has 0 amide bonds. The number of carbonyl (C=O) groups excluding carboxylic acids is 1. The summed E-state index contributed by atoms with van der Waals surface area (Å²) in [4.78, 5) is 16.0. The van der Waals surface area contributed by atoms with Gasteiger partial charge in [0.25, 0.3) is 0 Å². The monoisotopic (exact) mass is 460 g/mol. The molecular formula is C21H25BrN4O3. The van der Waals surface area contributed by atoms with E-state index in [4.69, 9.17) is 9.72 Å². The van der Waals surface area contributed by atoms with Crippen LogP contribution in [0.15, 0.2) is 34.8 Å². The van der Waals surface area contributed by atoms with Gasteiger partial charge in [0, 0.05) is 24.5 Å². The molecule has 0 aliphatic rings. The summed E-state index contributed by atoms with van der Waals surface area (Å²) in [6.45, 7) is 2.69. The summed E-state index contributed by atoms with van der Waals surface area (Å²) in [7, 11) is 5.03. The van der Waals surface area contributed by atoms with Gasteiger partial charge in [-0.15, -0.1) is 0 Å². The fourth-order valence-electron chi connectivity index (χ4n) is 3.23. The number of hydrogen-bond donors (Lipinski definition) is 2. The van der Waals surface area contributed by atoms with Crippen LogP contribution in [-0.4, -0.2) is 36.3 Å². The lowest BCUT2D eigenvalue weighted by Crippen LogP contribution is -2.07. The highest BCUT2D eigenvalue weighted by Crippen LogP contribution is 2.35. The second kappa shape index (κ2) is 9.17. The van der Waals surface area contributed by atoms with Crippen molar-refractivity contribution >= 4 is 50.3 Å². The molecule has 0 atom stereocenters. The van der Waals surface area contributed by atoms with Crippen LogP contribution in [0.1, 0.15) is 18.4 Å². The fraction of sp³-hybridized carbons (Fsp3) is 0.333. The average molecular weight is 461 g/mol. The number of rotatable bonds is 8. The molecule has 8 heteroatoms. The number of benzene rings is 2. The predicted octanol–water partition coefficient (Wildman–Crippen LogP) is 4.76. The van der Waals surface area contributed by atoms with Gasteiger partial charge >= 0.3 is 5.97 Å². The number of nitrogens with zero attached hydrogens (tertiary/aromatic N) is 2. The maximum atomic E-state index is 11.3. The minimum absolute atomic E-state index is 0.198. The van der Waals surface area contributed by atoms with Crippen molar-refractivity contribution in [3.8, 4) is 5.75 Å². The number of ether oxygens (including phenoxy) is 2. The summed E-state index contributed by atoms with van der Waals surface area (Å²) in [6.07, 6.45) is 1.08. The Hall–Kier alpha value is -2.74. The Morgan fingerprint density at radius 1 is 1.28 bits per heavy atom. The predicted molar refractivity (Wildman–Crippen MR) is 119 cm³/mol. The van der Waals surface area contributed by atoms with Gasteiger partial charge in [-0.25, -0.2) is 4.98 Å². The standard InChI is InChI=1S/C21H25BrN4O3/c1-13-11-14(22)12-17(28-3)19(13)25-21-24-16-8-5-7-15(20(16)26(21)2)23-10-6-9-18(27)29-4/h5,7-8,11-12,23H,6,9-10H2,1-4H3,(H,24,25). The van der Waals surface area contributed by atoms with Crippen LogP contribution < -0.4 is 15.4 Å². The third-order valence-corrected chi connectivity index (χ3v) is 5.17. The van der Waals surface area contributed by atoms with Crippen LogP contribution in [0.2, 0.25) is 0 Å². The Balaban J connectivity index is 1.86. The van der Waals surface area contributed by atoms with Gasteiger partial charge in [0.2, 0.25) is 5.95 Å². The Labute approximate surface area is 178 Å². The molecule has 2 N–H and O–H groups in total. The van der Waals surface area contributed by atoms with E-state index in [1.165, 1.54) is 7.11 Å². The maximum absolute atomic E-state index is 11.3. The second-order valence-corrected chi connectivity index (χ2v) is 7.61. The van der Waals surface area contributed by atoms with E-state index < -0.39 is 0 Å². The van der Waals surface area contributed by atoms with E-state index in [2.05, 4.69) is 31.3 Å². The van der Waals surface area contributed by atoms with Crippen LogP contribution in [0.3, 0.4) is 0 Å². The molecule has 0 saturated carbocycles. The van der Waals surface area contributed by atoms with Crippen molar-refractivity contribution in [2.75, 3.05) is 31.4 Å².